The van der Waals surface area contributed by atoms with E-state index in [1.807, 2.05) is 77.2 Å². The Bertz CT molecular complexity index is 4240. The van der Waals surface area contributed by atoms with Crippen LogP contribution in [0.3, 0.4) is 0 Å². The van der Waals surface area contributed by atoms with Crippen molar-refractivity contribution in [1.82, 2.24) is 42.5 Å². The van der Waals surface area contributed by atoms with E-state index in [0.717, 1.165) is 33.7 Å². The first-order valence-corrected chi connectivity index (χ1v) is 38.9. The van der Waals surface area contributed by atoms with Gasteiger partial charge in [-0.1, -0.05) is 105 Å². The summed E-state index contributed by atoms with van der Waals surface area (Å²) in [6.45, 7) is 9.79. The summed E-state index contributed by atoms with van der Waals surface area (Å²) in [5.74, 6) is -4.84. The van der Waals surface area contributed by atoms with Gasteiger partial charge in [-0.05, 0) is 138 Å². The lowest BCUT2D eigenvalue weighted by Gasteiger charge is -2.26. The summed E-state index contributed by atoms with van der Waals surface area (Å²) in [6.07, 6.45) is 19.6. The summed E-state index contributed by atoms with van der Waals surface area (Å²) < 4.78 is 82.9. The third kappa shape index (κ3) is 25.0. The highest BCUT2D eigenvalue weighted by Crippen LogP contribution is 2.52. The molecule has 29 nitrogen and oxygen atoms in total. The van der Waals surface area contributed by atoms with E-state index in [9.17, 15) is 69.1 Å². The fraction of sp³-hybridized carbons (Fsp3) is 0.461. The van der Waals surface area contributed by atoms with Crippen molar-refractivity contribution in [1.29, 1.82) is 0 Å². The molecule has 1 aromatic heterocycles. The van der Waals surface area contributed by atoms with Crippen LogP contribution in [0.15, 0.2) is 152 Å². The average molecular weight is 1520 g/mol. The monoisotopic (exact) mass is 1520 g/mol. The minimum atomic E-state index is -4.66. The fourth-order valence-corrected chi connectivity index (χ4v) is 14.5. The summed E-state index contributed by atoms with van der Waals surface area (Å²) in [5.41, 5.74) is 15.5. The maximum absolute atomic E-state index is 14.4. The SMILES string of the molecule is CC[N+]1=C(/C=C/C=C/C=C/C=C2\C(CCCCCC(=O)N[C@@H](CCCCNC(=O)CCc3ccco3)C(=O)NCCCC[C@@H]3NC(=O)[C@H](Cc4ccccc4)NC(=O)[C@H](COC=O)NC(=O)CNC(=O)[C@H](CCCN=C(N)N)NC3=O)c3ccc(S(=O)(=O)O)cc3C2(C)C)C(C)(C)c2cc(S(=O)(=O)[O-])ccc21. The van der Waals surface area contributed by atoms with Crippen molar-refractivity contribution in [2.45, 2.75) is 194 Å². The van der Waals surface area contributed by atoms with E-state index in [4.69, 9.17) is 20.6 Å². The Balaban J connectivity index is 1.01. The van der Waals surface area contributed by atoms with Crippen molar-refractivity contribution in [2.75, 3.05) is 39.3 Å². The first kappa shape index (κ1) is 84.2. The number of fused-ring (bicyclic) bond motifs is 2. The van der Waals surface area contributed by atoms with Gasteiger partial charge in [0.25, 0.3) is 16.6 Å². The number of benzene rings is 3. The molecule has 31 heteroatoms. The molecule has 4 aromatic rings. The molecule has 3 heterocycles. The number of amides is 8. The number of guanidine groups is 1. The zero-order chi connectivity index (χ0) is 77.9. The van der Waals surface area contributed by atoms with Crippen molar-refractivity contribution in [3.05, 3.63) is 161 Å². The third-order valence-corrected chi connectivity index (χ3v) is 20.8. The normalized spacial score (nSPS) is 19.7. The molecule has 0 saturated carbocycles. The summed E-state index contributed by atoms with van der Waals surface area (Å²) >= 11 is 0. The van der Waals surface area contributed by atoms with Gasteiger partial charge in [0.2, 0.25) is 52.9 Å². The third-order valence-electron chi connectivity index (χ3n) is 19.1. The fourth-order valence-electron chi connectivity index (χ4n) is 13.5. The van der Waals surface area contributed by atoms with E-state index in [1.54, 1.807) is 54.6 Å². The van der Waals surface area contributed by atoms with Gasteiger partial charge >= 0.3 is 0 Å². The number of ether oxygens (including phenoxy) is 1. The molecule has 1 fully saturated rings. The number of hydrogen-bond donors (Lipinski definition) is 11. The molecule has 1 unspecified atom stereocenters. The van der Waals surface area contributed by atoms with Gasteiger partial charge in [0, 0.05) is 74.4 Å². The van der Waals surface area contributed by atoms with Gasteiger partial charge in [-0.3, -0.25) is 52.7 Å². The molecular weight excluding hydrogens is 1420 g/mol. The zero-order valence-corrected chi connectivity index (χ0v) is 62.7. The lowest BCUT2D eigenvalue weighted by molar-refractivity contribution is -0.433. The van der Waals surface area contributed by atoms with Crippen LogP contribution in [0.5, 0.6) is 0 Å². The predicted molar refractivity (Wildman–Crippen MR) is 399 cm³/mol. The van der Waals surface area contributed by atoms with Gasteiger partial charge in [0.15, 0.2) is 11.7 Å². The molecular formula is C76H100N12O17S2. The molecule has 107 heavy (non-hydrogen) atoms. The largest absolute Gasteiger partial charge is 0.744 e. The average Bonchev–Trinajstić information content (AvgIpc) is 1.60. The van der Waals surface area contributed by atoms with Crippen LogP contribution in [0.25, 0.3) is 0 Å². The Kier molecular flexibility index (Phi) is 31.5. The van der Waals surface area contributed by atoms with Gasteiger partial charge < -0.3 is 67.7 Å². The van der Waals surface area contributed by atoms with Gasteiger partial charge in [-0.15, -0.1) is 0 Å². The van der Waals surface area contributed by atoms with Crippen molar-refractivity contribution in [3.63, 3.8) is 0 Å². The Morgan fingerprint density at radius 3 is 2.07 bits per heavy atom. The lowest BCUT2D eigenvalue weighted by Crippen LogP contribution is -2.58. The van der Waals surface area contributed by atoms with E-state index in [2.05, 4.69) is 52.1 Å². The second-order valence-electron chi connectivity index (χ2n) is 27.6. The molecule has 13 N–H and O–H groups in total. The maximum atomic E-state index is 14.4. The molecule has 0 spiro atoms. The van der Waals surface area contributed by atoms with Gasteiger partial charge in [-0.2, -0.15) is 13.0 Å². The van der Waals surface area contributed by atoms with E-state index < -0.39 is 110 Å². The second-order valence-corrected chi connectivity index (χ2v) is 30.4. The minimum absolute atomic E-state index is 0.0142. The molecule has 3 aromatic carbocycles. The van der Waals surface area contributed by atoms with Gasteiger partial charge in [-0.25, -0.2) is 8.42 Å². The number of nitrogens with one attached hydrogen (secondary N) is 8. The van der Waals surface area contributed by atoms with E-state index in [0.29, 0.717) is 69.4 Å². The molecule has 578 valence electrons. The van der Waals surface area contributed by atoms with E-state index >= 15 is 0 Å². The van der Waals surface area contributed by atoms with Crippen molar-refractivity contribution in [2.24, 2.45) is 16.5 Å². The first-order chi connectivity index (χ1) is 50.9. The van der Waals surface area contributed by atoms with Crippen LogP contribution in [0.2, 0.25) is 0 Å². The smallest absolute Gasteiger partial charge is 0.294 e. The summed E-state index contributed by atoms with van der Waals surface area (Å²) in [6, 6.07) is 14.8. The molecule has 6 atom stereocenters. The Hall–Kier alpha value is -10.1. The van der Waals surface area contributed by atoms with Gasteiger partial charge in [0.05, 0.1) is 28.0 Å². The zero-order valence-electron chi connectivity index (χ0n) is 61.1. The van der Waals surface area contributed by atoms with Crippen molar-refractivity contribution >= 4 is 91.3 Å². The molecule has 0 bridgehead atoms. The lowest BCUT2D eigenvalue weighted by atomic mass is 9.80. The summed E-state index contributed by atoms with van der Waals surface area (Å²) in [4.78, 5) is 125. The molecule has 8 amide bonds. The molecule has 0 radical (unpaired) electrons. The summed E-state index contributed by atoms with van der Waals surface area (Å²) in [5, 5.41) is 21.7. The standard InChI is InChI=1S/C76H100N12O17S2/c1-6-88-64-38-36-53(107(101,102)103)46-58(64)76(4,5)65(88)32-16-9-7-8-15-28-56-54(55-37-35-52(106(98,99)100)45-57(55)75(56,2)3)27-14-11-17-33-67(91)83-59(29-18-20-40-79-66(90)39-34-51-26-23-43-105-51)69(93)80-41-21-19-30-61-71(95)85-60(31-22-42-81-74(77)78)70(94)82-47-68(92)84-63(48-104-49-89)73(97)87-62(72(96)86-61)44-50-24-12-10-13-25-50/h7-10,12-13,15-16,23-26,28,32,35-38,43,45-46,49,54,59-63H,6,11,14,17-22,27,29-31,33-34,39-42,44,47-48H2,1-5H3,(H13-,77,78,79,80,81,82,83,84,85,86,87,90,91,92,93,94,95,96,97,98,99,100,101,102,103)/b9-7+,15-8+,32-16+,56-28+/t54?,59-,60-,61-,62-,63-/m0/s1. The van der Waals surface area contributed by atoms with Crippen LogP contribution >= 0.6 is 0 Å². The Morgan fingerprint density at radius 1 is 0.710 bits per heavy atom. The van der Waals surface area contributed by atoms with Crippen LogP contribution in [-0.4, -0.2) is 165 Å². The van der Waals surface area contributed by atoms with E-state index in [-0.39, 0.29) is 111 Å². The summed E-state index contributed by atoms with van der Waals surface area (Å²) in [7, 11) is -9.19. The number of nitrogens with zero attached hydrogens (tertiary/aromatic N) is 2. The number of carbonyl (C=O) groups is 9. The first-order valence-electron chi connectivity index (χ1n) is 36.0. The van der Waals surface area contributed by atoms with Crippen LogP contribution in [-0.2, 0) is 91.8 Å². The quantitative estimate of drug-likeness (QED) is 0.00555. The number of aliphatic imine (C=N–C) groups is 1. The number of aryl methyl sites for hydroxylation is 1. The number of furan rings is 1. The van der Waals surface area contributed by atoms with Crippen molar-refractivity contribution < 1.29 is 82.8 Å². The number of carbonyl (C=O) groups excluding carboxylic acids is 9. The highest BCUT2D eigenvalue weighted by atomic mass is 32.2. The molecule has 1 saturated heterocycles. The van der Waals surface area contributed by atoms with Gasteiger partial charge in [0.1, 0.15) is 59.2 Å². The van der Waals surface area contributed by atoms with Crippen LogP contribution < -0.4 is 54.0 Å². The molecule has 1 aliphatic carbocycles. The second kappa shape index (κ2) is 40.0. The minimum Gasteiger partial charge on any atom is -0.744 e. The highest BCUT2D eigenvalue weighted by molar-refractivity contribution is 7.86. The highest BCUT2D eigenvalue weighted by Gasteiger charge is 2.45. The topological polar surface area (TPSA) is 451 Å². The molecule has 7 rings (SSSR count). The molecule has 2 aliphatic heterocycles. The number of nitrogens with two attached hydrogens (primary N) is 2. The maximum Gasteiger partial charge on any atom is 0.294 e. The number of unbranched alkanes of at least 4 members (excludes halogenated alkanes) is 4. The Morgan fingerprint density at radius 2 is 1.36 bits per heavy atom. The predicted octanol–water partition coefficient (Wildman–Crippen LogP) is 4.68. The molecule has 3 aliphatic rings. The number of hydrogen-bond acceptors (Lipinski definition) is 17. The van der Waals surface area contributed by atoms with Crippen molar-refractivity contribution in [3.8, 4) is 0 Å². The number of allylic oxidation sites excluding steroid dienone is 8. The van der Waals surface area contributed by atoms with E-state index in [1.165, 1.54) is 30.5 Å². The van der Waals surface area contributed by atoms with Crippen LogP contribution in [0.1, 0.15) is 158 Å². The van der Waals surface area contributed by atoms with Crippen LogP contribution in [0, 0.1) is 0 Å². The number of rotatable bonds is 37. The van der Waals surface area contributed by atoms with Crippen LogP contribution in [0.4, 0.5) is 5.69 Å². The Labute approximate surface area is 624 Å².